The molecule has 0 aromatic rings. The summed E-state index contributed by atoms with van der Waals surface area (Å²) in [7, 11) is 0. The van der Waals surface area contributed by atoms with Gasteiger partial charge in [-0.2, -0.15) is 0 Å². The van der Waals surface area contributed by atoms with E-state index in [1.165, 1.54) is 45.4 Å². The van der Waals surface area contributed by atoms with Gasteiger partial charge in [0.25, 0.3) is 0 Å². The lowest BCUT2D eigenvalue weighted by atomic mass is 9.70. The van der Waals surface area contributed by atoms with Crippen LogP contribution in [0.15, 0.2) is 0 Å². The summed E-state index contributed by atoms with van der Waals surface area (Å²) >= 11 is 0. The van der Waals surface area contributed by atoms with Gasteiger partial charge < -0.3 is 5.32 Å². The highest BCUT2D eigenvalue weighted by atomic mass is 15.2. The minimum Gasteiger partial charge on any atom is -0.311 e. The molecule has 2 nitrogen and oxygen atoms in total. The molecule has 1 saturated carbocycles. The van der Waals surface area contributed by atoms with Crippen LogP contribution in [0.2, 0.25) is 0 Å². The van der Waals surface area contributed by atoms with Crippen molar-refractivity contribution in [2.75, 3.05) is 26.2 Å². The van der Waals surface area contributed by atoms with Crippen molar-refractivity contribution in [1.82, 2.24) is 10.2 Å². The summed E-state index contributed by atoms with van der Waals surface area (Å²) in [5.74, 6) is 0.766. The van der Waals surface area contributed by atoms with E-state index in [9.17, 15) is 0 Å². The number of nitrogens with zero attached hydrogens (tertiary/aromatic N) is 1. The molecule has 1 N–H and O–H groups in total. The van der Waals surface area contributed by atoms with E-state index in [1.807, 2.05) is 0 Å². The fourth-order valence-electron chi connectivity index (χ4n) is 2.91. The summed E-state index contributed by atoms with van der Waals surface area (Å²) in [5, 5.41) is 3.63. The molecule has 1 saturated heterocycles. The Bertz CT molecular complexity index is 209. The number of nitrogens with one attached hydrogen (secondary N) is 1. The predicted molar refractivity (Wildman–Crippen MR) is 65.0 cm³/mol. The van der Waals surface area contributed by atoms with Crippen molar-refractivity contribution < 1.29 is 0 Å². The van der Waals surface area contributed by atoms with E-state index < -0.39 is 0 Å². The lowest BCUT2D eigenvalue weighted by Gasteiger charge is -2.45. The quantitative estimate of drug-likeness (QED) is 0.767. The lowest BCUT2D eigenvalue weighted by molar-refractivity contribution is 0.0622. The van der Waals surface area contributed by atoms with Crippen LogP contribution >= 0.6 is 0 Å². The van der Waals surface area contributed by atoms with Gasteiger partial charge in [-0.1, -0.05) is 27.2 Å². The van der Waals surface area contributed by atoms with Gasteiger partial charge in [-0.15, -0.1) is 0 Å². The molecule has 0 spiro atoms. The largest absolute Gasteiger partial charge is 0.311 e. The van der Waals surface area contributed by atoms with Gasteiger partial charge in [0.2, 0.25) is 0 Å². The van der Waals surface area contributed by atoms with Gasteiger partial charge in [0.05, 0.1) is 0 Å². The van der Waals surface area contributed by atoms with Crippen LogP contribution in [0.1, 0.15) is 40.0 Å². The van der Waals surface area contributed by atoms with E-state index in [0.29, 0.717) is 11.5 Å². The Morgan fingerprint density at radius 2 is 2.13 bits per heavy atom. The highest BCUT2D eigenvalue weighted by molar-refractivity contribution is 4.89. The summed E-state index contributed by atoms with van der Waals surface area (Å²) in [6.45, 7) is 12.1. The topological polar surface area (TPSA) is 15.3 Å². The van der Waals surface area contributed by atoms with Crippen molar-refractivity contribution in [3.63, 3.8) is 0 Å². The van der Waals surface area contributed by atoms with Gasteiger partial charge in [-0.25, -0.2) is 0 Å². The second-order valence-corrected chi connectivity index (χ2v) is 6.20. The van der Waals surface area contributed by atoms with Crippen LogP contribution < -0.4 is 5.32 Å². The fraction of sp³-hybridized carbons (Fsp3) is 1.00. The Morgan fingerprint density at radius 1 is 1.40 bits per heavy atom. The van der Waals surface area contributed by atoms with Gasteiger partial charge >= 0.3 is 0 Å². The summed E-state index contributed by atoms with van der Waals surface area (Å²) in [5.41, 5.74) is 0.652. The maximum absolute atomic E-state index is 3.63. The van der Waals surface area contributed by atoms with Crippen LogP contribution in [0.3, 0.4) is 0 Å². The first-order chi connectivity index (χ1) is 7.09. The normalized spacial score (nSPS) is 31.6. The molecule has 1 unspecified atom stereocenters. The van der Waals surface area contributed by atoms with Crippen molar-refractivity contribution in [3.05, 3.63) is 0 Å². The Hall–Kier alpha value is -0.0800. The number of hydrogen-bond donors (Lipinski definition) is 1. The summed E-state index contributed by atoms with van der Waals surface area (Å²) in [4.78, 5) is 2.68. The maximum atomic E-state index is 3.63. The Balaban J connectivity index is 1.82. The van der Waals surface area contributed by atoms with Crippen LogP contribution in [0.5, 0.6) is 0 Å². The zero-order valence-electron chi connectivity index (χ0n) is 10.6. The fourth-order valence-corrected chi connectivity index (χ4v) is 2.91. The molecule has 0 amide bonds. The number of rotatable bonds is 3. The first-order valence-electron chi connectivity index (χ1n) is 6.55. The lowest BCUT2D eigenvalue weighted by Crippen LogP contribution is -2.55. The molecule has 1 aliphatic carbocycles. The molecular weight excluding hydrogens is 184 g/mol. The molecule has 2 rings (SSSR count). The van der Waals surface area contributed by atoms with E-state index in [2.05, 4.69) is 31.0 Å². The highest BCUT2D eigenvalue weighted by Gasteiger charge is 2.34. The Labute approximate surface area is 94.4 Å². The van der Waals surface area contributed by atoms with E-state index in [-0.39, 0.29) is 0 Å². The van der Waals surface area contributed by atoms with E-state index >= 15 is 0 Å². The third-order valence-corrected chi connectivity index (χ3v) is 4.26. The van der Waals surface area contributed by atoms with E-state index in [0.717, 1.165) is 5.92 Å². The molecule has 2 aliphatic rings. The van der Waals surface area contributed by atoms with Crippen molar-refractivity contribution in [3.8, 4) is 0 Å². The summed E-state index contributed by atoms with van der Waals surface area (Å²) < 4.78 is 0. The van der Waals surface area contributed by atoms with E-state index in [1.54, 1.807) is 0 Å². The molecule has 2 heteroatoms. The van der Waals surface area contributed by atoms with Gasteiger partial charge in [0, 0.05) is 32.2 Å². The molecule has 15 heavy (non-hydrogen) atoms. The monoisotopic (exact) mass is 210 g/mol. The van der Waals surface area contributed by atoms with Gasteiger partial charge in [-0.3, -0.25) is 4.90 Å². The number of piperazine rings is 1. The maximum Gasteiger partial charge on any atom is 0.0218 e. The van der Waals surface area contributed by atoms with Crippen molar-refractivity contribution in [2.45, 2.75) is 46.1 Å². The highest BCUT2D eigenvalue weighted by Crippen LogP contribution is 2.40. The Morgan fingerprint density at radius 3 is 2.67 bits per heavy atom. The molecule has 0 aromatic heterocycles. The molecular formula is C13H26N2. The van der Waals surface area contributed by atoms with Crippen LogP contribution in [0.4, 0.5) is 0 Å². The first kappa shape index (κ1) is 11.4. The smallest absolute Gasteiger partial charge is 0.0218 e. The standard InChI is InChI=1S/C13H26N2/c1-11(2)12-9-15(8-7-14-12)10-13(3)5-4-6-13/h11-12,14H,4-10H2,1-3H3. The second-order valence-electron chi connectivity index (χ2n) is 6.20. The van der Waals surface area contributed by atoms with Gasteiger partial charge in [0.1, 0.15) is 0 Å². The second kappa shape index (κ2) is 4.42. The molecule has 2 fully saturated rings. The zero-order chi connectivity index (χ0) is 10.9. The van der Waals surface area contributed by atoms with Gasteiger partial charge in [0.15, 0.2) is 0 Å². The first-order valence-corrected chi connectivity index (χ1v) is 6.55. The molecule has 1 atom stereocenters. The van der Waals surface area contributed by atoms with Crippen molar-refractivity contribution in [1.29, 1.82) is 0 Å². The minimum absolute atomic E-state index is 0.652. The summed E-state index contributed by atoms with van der Waals surface area (Å²) in [6.07, 6.45) is 4.35. The summed E-state index contributed by atoms with van der Waals surface area (Å²) in [6, 6.07) is 0.711. The van der Waals surface area contributed by atoms with Crippen LogP contribution in [-0.4, -0.2) is 37.1 Å². The van der Waals surface area contributed by atoms with Gasteiger partial charge in [-0.05, 0) is 24.2 Å². The zero-order valence-corrected chi connectivity index (χ0v) is 10.6. The molecule has 1 heterocycles. The molecule has 0 radical (unpaired) electrons. The van der Waals surface area contributed by atoms with Crippen LogP contribution in [0, 0.1) is 11.3 Å². The third kappa shape index (κ3) is 2.73. The predicted octanol–water partition coefficient (Wildman–Crippen LogP) is 2.11. The minimum atomic E-state index is 0.652. The molecule has 1 aliphatic heterocycles. The third-order valence-electron chi connectivity index (χ3n) is 4.26. The number of hydrogen-bond acceptors (Lipinski definition) is 2. The average molecular weight is 210 g/mol. The molecule has 0 bridgehead atoms. The van der Waals surface area contributed by atoms with Crippen molar-refractivity contribution in [2.24, 2.45) is 11.3 Å². The molecule has 0 aromatic carbocycles. The Kier molecular flexibility index (Phi) is 3.36. The average Bonchev–Trinajstić information content (AvgIpc) is 2.16. The van der Waals surface area contributed by atoms with Crippen LogP contribution in [0.25, 0.3) is 0 Å². The SMILES string of the molecule is CC(C)C1CN(CC2(C)CCC2)CCN1. The van der Waals surface area contributed by atoms with Crippen LogP contribution in [-0.2, 0) is 0 Å². The molecule has 88 valence electrons. The van der Waals surface area contributed by atoms with Crippen molar-refractivity contribution >= 4 is 0 Å². The van der Waals surface area contributed by atoms with E-state index in [4.69, 9.17) is 0 Å².